The average molecular weight is 323 g/mol. The van der Waals surface area contributed by atoms with Gasteiger partial charge in [-0.25, -0.2) is 4.39 Å². The minimum Gasteiger partial charge on any atom is -0.493 e. The Kier molecular flexibility index (Phi) is 4.32. The number of para-hydroxylation sites is 1. The molecule has 2 rings (SSSR count). The number of ether oxygens (including phenoxy) is 1. The number of benzene rings is 2. The highest BCUT2D eigenvalue weighted by Crippen LogP contribution is 2.24. The van der Waals surface area contributed by atoms with Gasteiger partial charge in [0, 0.05) is 4.47 Å². The van der Waals surface area contributed by atoms with Gasteiger partial charge in [0.2, 0.25) is 0 Å². The van der Waals surface area contributed by atoms with Crippen molar-refractivity contribution in [3.63, 3.8) is 0 Å². The molecule has 2 aromatic rings. The first kappa shape index (κ1) is 13.7. The molecule has 0 saturated heterocycles. The third-order valence-electron chi connectivity index (χ3n) is 2.60. The predicted octanol–water partition coefficient (Wildman–Crippen LogP) is 4.22. The molecule has 0 fully saturated rings. The van der Waals surface area contributed by atoms with Crippen molar-refractivity contribution < 1.29 is 13.9 Å². The summed E-state index contributed by atoms with van der Waals surface area (Å²) >= 11 is 3.24. The number of hydrogen-bond acceptors (Lipinski definition) is 2. The van der Waals surface area contributed by atoms with Crippen molar-refractivity contribution in [3.05, 3.63) is 63.9 Å². The molecule has 0 saturated carbocycles. The lowest BCUT2D eigenvalue weighted by Gasteiger charge is -2.09. The fraction of sp³-hybridized carbons (Fsp3) is 0.133. The number of rotatable bonds is 4. The van der Waals surface area contributed by atoms with Crippen molar-refractivity contribution in [1.29, 1.82) is 0 Å². The Balaban J connectivity index is 2.47. The van der Waals surface area contributed by atoms with Gasteiger partial charge in [0.25, 0.3) is 0 Å². The van der Waals surface area contributed by atoms with Crippen LogP contribution in [0, 0.1) is 5.82 Å². The van der Waals surface area contributed by atoms with Gasteiger partial charge in [0.05, 0.1) is 17.7 Å². The van der Waals surface area contributed by atoms with E-state index in [9.17, 15) is 9.18 Å². The molecule has 0 aliphatic heterocycles. The third-order valence-corrected chi connectivity index (χ3v) is 3.10. The smallest absolute Gasteiger partial charge is 0.199 e. The Morgan fingerprint density at radius 1 is 1.21 bits per heavy atom. The molecule has 98 valence electrons. The largest absolute Gasteiger partial charge is 0.493 e. The second kappa shape index (κ2) is 5.97. The maximum atomic E-state index is 13.7. The molecule has 0 aliphatic carbocycles. The average Bonchev–Trinajstić information content (AvgIpc) is 2.42. The van der Waals surface area contributed by atoms with Crippen LogP contribution in [0.1, 0.15) is 22.8 Å². The van der Waals surface area contributed by atoms with Crippen LogP contribution in [0.3, 0.4) is 0 Å². The van der Waals surface area contributed by atoms with E-state index in [1.165, 1.54) is 12.1 Å². The van der Waals surface area contributed by atoms with Gasteiger partial charge < -0.3 is 4.74 Å². The topological polar surface area (TPSA) is 26.3 Å². The minimum atomic E-state index is -0.542. The van der Waals surface area contributed by atoms with Gasteiger partial charge >= 0.3 is 0 Å². The zero-order valence-corrected chi connectivity index (χ0v) is 11.9. The summed E-state index contributed by atoms with van der Waals surface area (Å²) in [5, 5.41) is 0. The van der Waals surface area contributed by atoms with Crippen LogP contribution in [0.25, 0.3) is 0 Å². The Morgan fingerprint density at radius 2 is 1.95 bits per heavy atom. The second-order valence-electron chi connectivity index (χ2n) is 3.88. The molecule has 2 aromatic carbocycles. The van der Waals surface area contributed by atoms with Crippen LogP contribution in [0.4, 0.5) is 4.39 Å². The summed E-state index contributed by atoms with van der Waals surface area (Å²) in [5.74, 6) is -0.461. The molecule has 0 bridgehead atoms. The third kappa shape index (κ3) is 3.01. The zero-order valence-electron chi connectivity index (χ0n) is 10.3. The standard InChI is InChI=1S/C15H12BrFO2/c1-2-19-14-6-4-3-5-11(14)15(18)12-9-10(16)7-8-13(12)17/h3-9H,2H2,1H3. The molecule has 0 aromatic heterocycles. The Bertz CT molecular complexity index is 611. The zero-order chi connectivity index (χ0) is 13.8. The quantitative estimate of drug-likeness (QED) is 0.788. The van der Waals surface area contributed by atoms with Gasteiger partial charge in [0.1, 0.15) is 11.6 Å². The molecular formula is C15H12BrFO2. The van der Waals surface area contributed by atoms with E-state index in [1.54, 1.807) is 30.3 Å². The maximum absolute atomic E-state index is 13.7. The normalized spacial score (nSPS) is 10.3. The molecule has 0 heterocycles. The van der Waals surface area contributed by atoms with E-state index >= 15 is 0 Å². The van der Waals surface area contributed by atoms with Crippen LogP contribution in [-0.2, 0) is 0 Å². The fourth-order valence-corrected chi connectivity index (χ4v) is 2.11. The molecule has 2 nitrogen and oxygen atoms in total. The molecular weight excluding hydrogens is 311 g/mol. The molecule has 0 spiro atoms. The Hall–Kier alpha value is -1.68. The van der Waals surface area contributed by atoms with Crippen LogP contribution in [0.5, 0.6) is 5.75 Å². The van der Waals surface area contributed by atoms with Gasteiger partial charge in [-0.2, -0.15) is 0 Å². The summed E-state index contributed by atoms with van der Waals surface area (Å²) in [5.41, 5.74) is 0.392. The van der Waals surface area contributed by atoms with Gasteiger partial charge in [0.15, 0.2) is 5.78 Å². The van der Waals surface area contributed by atoms with Crippen molar-refractivity contribution >= 4 is 21.7 Å². The lowest BCUT2D eigenvalue weighted by molar-refractivity contribution is 0.103. The molecule has 0 atom stereocenters. The number of carbonyl (C=O) groups is 1. The molecule has 0 radical (unpaired) electrons. The van der Waals surface area contributed by atoms with Crippen molar-refractivity contribution in [2.75, 3.05) is 6.61 Å². The lowest BCUT2D eigenvalue weighted by atomic mass is 10.0. The van der Waals surface area contributed by atoms with E-state index in [2.05, 4.69) is 15.9 Å². The molecule has 0 unspecified atom stereocenters. The van der Waals surface area contributed by atoms with E-state index in [-0.39, 0.29) is 11.3 Å². The number of hydrogen-bond donors (Lipinski definition) is 0. The first-order valence-corrected chi connectivity index (χ1v) is 6.64. The monoisotopic (exact) mass is 322 g/mol. The van der Waals surface area contributed by atoms with Gasteiger partial charge in [-0.15, -0.1) is 0 Å². The molecule has 0 aliphatic rings. The Morgan fingerprint density at radius 3 is 2.68 bits per heavy atom. The van der Waals surface area contributed by atoms with Crippen molar-refractivity contribution in [1.82, 2.24) is 0 Å². The predicted molar refractivity (Wildman–Crippen MR) is 75.1 cm³/mol. The second-order valence-corrected chi connectivity index (χ2v) is 4.80. The van der Waals surface area contributed by atoms with Crippen LogP contribution >= 0.6 is 15.9 Å². The number of carbonyl (C=O) groups excluding carboxylic acids is 1. The SMILES string of the molecule is CCOc1ccccc1C(=O)c1cc(Br)ccc1F. The van der Waals surface area contributed by atoms with Crippen LogP contribution in [-0.4, -0.2) is 12.4 Å². The minimum absolute atomic E-state index is 0.0292. The maximum Gasteiger partial charge on any atom is 0.199 e. The molecule has 19 heavy (non-hydrogen) atoms. The first-order valence-electron chi connectivity index (χ1n) is 5.85. The van der Waals surface area contributed by atoms with Gasteiger partial charge in [-0.05, 0) is 37.3 Å². The summed E-state index contributed by atoms with van der Waals surface area (Å²) in [4.78, 5) is 12.4. The highest BCUT2D eigenvalue weighted by Gasteiger charge is 2.18. The van der Waals surface area contributed by atoms with Crippen molar-refractivity contribution in [2.24, 2.45) is 0 Å². The summed E-state index contributed by atoms with van der Waals surface area (Å²) < 4.78 is 19.8. The summed E-state index contributed by atoms with van der Waals surface area (Å²) in [6.45, 7) is 2.28. The van der Waals surface area contributed by atoms with Crippen molar-refractivity contribution in [2.45, 2.75) is 6.92 Å². The van der Waals surface area contributed by atoms with E-state index in [0.717, 1.165) is 0 Å². The number of ketones is 1. The highest BCUT2D eigenvalue weighted by molar-refractivity contribution is 9.10. The van der Waals surface area contributed by atoms with E-state index < -0.39 is 5.82 Å². The van der Waals surface area contributed by atoms with Gasteiger partial charge in [-0.1, -0.05) is 28.1 Å². The lowest BCUT2D eigenvalue weighted by Crippen LogP contribution is -2.07. The fourth-order valence-electron chi connectivity index (χ4n) is 1.75. The molecule has 0 amide bonds. The van der Waals surface area contributed by atoms with E-state index in [4.69, 9.17) is 4.74 Å². The molecule has 0 N–H and O–H groups in total. The van der Waals surface area contributed by atoms with Crippen LogP contribution < -0.4 is 4.74 Å². The summed E-state index contributed by atoms with van der Waals surface area (Å²) in [7, 11) is 0. The summed E-state index contributed by atoms with van der Waals surface area (Å²) in [6, 6.07) is 11.1. The highest BCUT2D eigenvalue weighted by atomic mass is 79.9. The molecule has 4 heteroatoms. The summed E-state index contributed by atoms with van der Waals surface area (Å²) in [6.07, 6.45) is 0. The Labute approximate surface area is 119 Å². The number of halogens is 2. The van der Waals surface area contributed by atoms with Crippen molar-refractivity contribution in [3.8, 4) is 5.75 Å². The van der Waals surface area contributed by atoms with Crippen LogP contribution in [0.15, 0.2) is 46.9 Å². The first-order chi connectivity index (χ1) is 9.13. The van der Waals surface area contributed by atoms with E-state index in [1.807, 2.05) is 6.92 Å². The van der Waals surface area contributed by atoms with Gasteiger partial charge in [-0.3, -0.25) is 4.79 Å². The van der Waals surface area contributed by atoms with E-state index in [0.29, 0.717) is 22.4 Å². The van der Waals surface area contributed by atoms with Crippen LogP contribution in [0.2, 0.25) is 0 Å².